The molecule has 0 saturated carbocycles. The number of nitro groups is 2. The number of benzene rings is 1. The van der Waals surface area contributed by atoms with Crippen LogP contribution in [0.5, 0.6) is 5.75 Å². The van der Waals surface area contributed by atoms with Crippen LogP contribution < -0.4 is 10.5 Å². The first-order valence-corrected chi connectivity index (χ1v) is 3.82. The van der Waals surface area contributed by atoms with Gasteiger partial charge < -0.3 is 10.5 Å². The van der Waals surface area contributed by atoms with E-state index in [0.717, 1.165) is 18.2 Å². The fourth-order valence-corrected chi connectivity index (χ4v) is 1.03. The molecule has 1 aromatic rings. The van der Waals surface area contributed by atoms with Crippen LogP contribution in [0.1, 0.15) is 0 Å². The maximum Gasteiger partial charge on any atom is 0.410 e. The van der Waals surface area contributed by atoms with Gasteiger partial charge in [0.25, 0.3) is 0 Å². The predicted molar refractivity (Wildman–Crippen MR) is 50.0 cm³/mol. The van der Waals surface area contributed by atoms with Crippen molar-refractivity contribution in [2.24, 2.45) is 5.73 Å². The molecule has 0 bridgehead atoms. The Hall–Kier alpha value is -2.71. The number of para-hydroxylation sites is 1. The van der Waals surface area contributed by atoms with Gasteiger partial charge in [0.1, 0.15) is 0 Å². The van der Waals surface area contributed by atoms with E-state index in [-0.39, 0.29) is 0 Å². The van der Waals surface area contributed by atoms with E-state index in [9.17, 15) is 25.0 Å². The van der Waals surface area contributed by atoms with Gasteiger partial charge in [0.2, 0.25) is 5.75 Å². The molecule has 1 aromatic carbocycles. The molecule has 1 rings (SSSR count). The average Bonchev–Trinajstić information content (AvgIpc) is 2.15. The minimum atomic E-state index is -1.29. The van der Waals surface area contributed by atoms with E-state index in [2.05, 4.69) is 10.5 Å². The van der Waals surface area contributed by atoms with Gasteiger partial charge in [0, 0.05) is 6.07 Å². The summed E-state index contributed by atoms with van der Waals surface area (Å²) in [6, 6.07) is 3.10. The third kappa shape index (κ3) is 2.20. The van der Waals surface area contributed by atoms with Crippen LogP contribution in [-0.4, -0.2) is 15.9 Å². The lowest BCUT2D eigenvalue weighted by Crippen LogP contribution is -2.17. The van der Waals surface area contributed by atoms with Gasteiger partial charge in [0.15, 0.2) is 0 Å². The zero-order chi connectivity index (χ0) is 12.3. The van der Waals surface area contributed by atoms with Gasteiger partial charge in [-0.05, 0) is 6.07 Å². The standard InChI is InChI=1S/C7H5N3O6/c8-7(11)16-5-3-1-2-4(9(12)13)6(5)10(14)15/h1-3H,(H2,8,11). The van der Waals surface area contributed by atoms with Gasteiger partial charge >= 0.3 is 17.5 Å². The molecular formula is C7H5N3O6. The molecule has 9 nitrogen and oxygen atoms in total. The van der Waals surface area contributed by atoms with E-state index in [1.165, 1.54) is 0 Å². The summed E-state index contributed by atoms with van der Waals surface area (Å²) in [7, 11) is 0. The summed E-state index contributed by atoms with van der Waals surface area (Å²) in [6.45, 7) is 0. The number of nitro benzene ring substituents is 2. The average molecular weight is 227 g/mol. The minimum Gasteiger partial charge on any atom is -0.403 e. The lowest BCUT2D eigenvalue weighted by atomic mass is 10.2. The lowest BCUT2D eigenvalue weighted by Gasteiger charge is -2.01. The van der Waals surface area contributed by atoms with Crippen LogP contribution >= 0.6 is 0 Å². The molecule has 0 aromatic heterocycles. The second kappa shape index (κ2) is 4.21. The molecule has 0 unspecified atom stereocenters. The maximum atomic E-state index is 10.6. The summed E-state index contributed by atoms with van der Waals surface area (Å²) in [5, 5.41) is 21.1. The number of nitrogens with zero attached hydrogens (tertiary/aromatic N) is 2. The number of carbonyl (C=O) groups is 1. The Labute approximate surface area is 87.7 Å². The summed E-state index contributed by atoms with van der Waals surface area (Å²) in [6.07, 6.45) is -1.29. The monoisotopic (exact) mass is 227 g/mol. The number of hydrogen-bond donors (Lipinski definition) is 1. The van der Waals surface area contributed by atoms with Crippen LogP contribution in [0.15, 0.2) is 18.2 Å². The first-order valence-electron chi connectivity index (χ1n) is 3.82. The lowest BCUT2D eigenvalue weighted by molar-refractivity contribution is -0.422. The van der Waals surface area contributed by atoms with Crippen LogP contribution in [0, 0.1) is 20.2 Å². The fraction of sp³-hybridized carbons (Fsp3) is 0. The van der Waals surface area contributed by atoms with Crippen molar-refractivity contribution in [3.8, 4) is 5.75 Å². The van der Waals surface area contributed by atoms with Gasteiger partial charge in [-0.3, -0.25) is 20.2 Å². The van der Waals surface area contributed by atoms with Gasteiger partial charge in [-0.25, -0.2) is 4.79 Å². The topological polar surface area (TPSA) is 139 Å². The molecule has 9 heteroatoms. The van der Waals surface area contributed by atoms with Crippen molar-refractivity contribution in [1.29, 1.82) is 0 Å². The number of nitrogens with two attached hydrogens (primary N) is 1. The Balaban J connectivity index is 3.38. The molecule has 0 radical (unpaired) electrons. The summed E-state index contributed by atoms with van der Waals surface area (Å²) in [5.41, 5.74) is 2.98. The first kappa shape index (κ1) is 11.4. The number of amides is 1. The Morgan fingerprint density at radius 3 is 2.31 bits per heavy atom. The Morgan fingerprint density at radius 2 is 1.88 bits per heavy atom. The third-order valence-electron chi connectivity index (χ3n) is 1.57. The highest BCUT2D eigenvalue weighted by atomic mass is 16.6. The highest BCUT2D eigenvalue weighted by Gasteiger charge is 2.30. The highest BCUT2D eigenvalue weighted by molar-refractivity contribution is 5.72. The SMILES string of the molecule is NC(=O)Oc1cccc([N+](=O)[O-])c1[N+](=O)[O-]. The number of carbonyl (C=O) groups excluding carboxylic acids is 1. The molecule has 1 amide bonds. The summed E-state index contributed by atoms with van der Waals surface area (Å²) in [5.74, 6) is -0.563. The third-order valence-corrected chi connectivity index (χ3v) is 1.57. The number of rotatable bonds is 3. The quantitative estimate of drug-likeness (QED) is 0.602. The van der Waals surface area contributed by atoms with Crippen LogP contribution in [0.2, 0.25) is 0 Å². The van der Waals surface area contributed by atoms with Gasteiger partial charge in [-0.2, -0.15) is 0 Å². The largest absolute Gasteiger partial charge is 0.410 e. The van der Waals surface area contributed by atoms with Crippen LogP contribution in [0.25, 0.3) is 0 Å². The second-order valence-corrected chi connectivity index (χ2v) is 2.56. The Kier molecular flexibility index (Phi) is 2.99. The zero-order valence-electron chi connectivity index (χ0n) is 7.65. The van der Waals surface area contributed by atoms with Crippen molar-refractivity contribution in [3.63, 3.8) is 0 Å². The molecule has 0 saturated heterocycles. The molecular weight excluding hydrogens is 222 g/mol. The van der Waals surface area contributed by atoms with Crippen molar-refractivity contribution in [2.75, 3.05) is 0 Å². The fourth-order valence-electron chi connectivity index (χ4n) is 1.03. The van der Waals surface area contributed by atoms with E-state index in [0.29, 0.717) is 0 Å². The zero-order valence-corrected chi connectivity index (χ0v) is 7.65. The van der Waals surface area contributed by atoms with Gasteiger partial charge in [-0.1, -0.05) is 6.07 Å². The van der Waals surface area contributed by atoms with E-state index >= 15 is 0 Å². The molecule has 0 aliphatic carbocycles. The summed E-state index contributed by atoms with van der Waals surface area (Å²) < 4.78 is 4.29. The Bertz CT molecular complexity index is 471. The second-order valence-electron chi connectivity index (χ2n) is 2.56. The molecule has 0 aliphatic heterocycles. The smallest absolute Gasteiger partial charge is 0.403 e. The molecule has 0 fully saturated rings. The summed E-state index contributed by atoms with van der Waals surface area (Å²) >= 11 is 0. The van der Waals surface area contributed by atoms with Crippen LogP contribution in [0.4, 0.5) is 16.2 Å². The van der Waals surface area contributed by atoms with Crippen molar-refractivity contribution >= 4 is 17.5 Å². The molecule has 2 N–H and O–H groups in total. The molecule has 0 spiro atoms. The molecule has 0 heterocycles. The first-order chi connectivity index (χ1) is 7.43. The Morgan fingerprint density at radius 1 is 1.25 bits per heavy atom. The molecule has 0 aliphatic rings. The van der Waals surface area contributed by atoms with Gasteiger partial charge in [-0.15, -0.1) is 0 Å². The number of hydrogen-bond acceptors (Lipinski definition) is 6. The minimum absolute atomic E-state index is 0.563. The van der Waals surface area contributed by atoms with Crippen molar-refractivity contribution < 1.29 is 19.4 Å². The highest BCUT2D eigenvalue weighted by Crippen LogP contribution is 2.35. The van der Waals surface area contributed by atoms with Crippen LogP contribution in [-0.2, 0) is 0 Å². The maximum absolute atomic E-state index is 10.6. The predicted octanol–water partition coefficient (Wildman–Crippen LogP) is 0.961. The van der Waals surface area contributed by atoms with Crippen LogP contribution in [0.3, 0.4) is 0 Å². The number of primary amides is 1. The number of ether oxygens (including phenoxy) is 1. The van der Waals surface area contributed by atoms with E-state index < -0.39 is 33.1 Å². The van der Waals surface area contributed by atoms with Gasteiger partial charge in [0.05, 0.1) is 9.85 Å². The summed E-state index contributed by atoms with van der Waals surface area (Å²) in [4.78, 5) is 29.6. The van der Waals surface area contributed by atoms with Crippen molar-refractivity contribution in [3.05, 3.63) is 38.4 Å². The molecule has 0 atom stereocenters. The van der Waals surface area contributed by atoms with Crippen molar-refractivity contribution in [2.45, 2.75) is 0 Å². The van der Waals surface area contributed by atoms with E-state index in [1.807, 2.05) is 0 Å². The molecule has 84 valence electrons. The van der Waals surface area contributed by atoms with E-state index in [1.54, 1.807) is 0 Å². The van der Waals surface area contributed by atoms with E-state index in [4.69, 9.17) is 0 Å². The van der Waals surface area contributed by atoms with Crippen molar-refractivity contribution in [1.82, 2.24) is 0 Å². The molecule has 16 heavy (non-hydrogen) atoms. The normalized spacial score (nSPS) is 9.50.